The van der Waals surface area contributed by atoms with Crippen molar-refractivity contribution in [2.24, 2.45) is 0 Å². The van der Waals surface area contributed by atoms with E-state index in [4.69, 9.17) is 18.9 Å². The third-order valence-corrected chi connectivity index (χ3v) is 4.01. The number of carbonyl (C=O) groups is 1. The molecule has 1 amide bonds. The predicted octanol–water partition coefficient (Wildman–Crippen LogP) is 4.01. The molecule has 0 fully saturated rings. The summed E-state index contributed by atoms with van der Waals surface area (Å²) in [6.45, 7) is 8.28. The van der Waals surface area contributed by atoms with Crippen molar-refractivity contribution >= 4 is 5.91 Å². The van der Waals surface area contributed by atoms with Gasteiger partial charge in [0.25, 0.3) is 5.91 Å². The fourth-order valence-corrected chi connectivity index (χ4v) is 2.65. The number of benzene rings is 2. The Bertz CT molecular complexity index is 745. The van der Waals surface area contributed by atoms with E-state index in [1.807, 2.05) is 44.2 Å². The summed E-state index contributed by atoms with van der Waals surface area (Å²) in [6.07, 6.45) is 1.66. The van der Waals surface area contributed by atoms with Crippen molar-refractivity contribution in [2.75, 3.05) is 33.0 Å². The second kappa shape index (κ2) is 12.5. The first-order valence-corrected chi connectivity index (χ1v) is 10.2. The molecule has 0 aliphatic rings. The van der Waals surface area contributed by atoms with Gasteiger partial charge >= 0.3 is 0 Å². The van der Waals surface area contributed by atoms with Crippen LogP contribution >= 0.6 is 0 Å². The third kappa shape index (κ3) is 7.94. The van der Waals surface area contributed by atoms with Crippen LogP contribution < -0.4 is 24.3 Å². The van der Waals surface area contributed by atoms with Gasteiger partial charge in [-0.05, 0) is 68.7 Å². The second-order valence-corrected chi connectivity index (χ2v) is 6.36. The quantitative estimate of drug-likeness (QED) is 0.549. The molecular weight excluding hydrogens is 370 g/mol. The van der Waals surface area contributed by atoms with E-state index in [2.05, 4.69) is 12.2 Å². The Morgan fingerprint density at radius 3 is 2.14 bits per heavy atom. The van der Waals surface area contributed by atoms with Crippen molar-refractivity contribution in [3.05, 3.63) is 48.0 Å². The average molecular weight is 402 g/mol. The van der Waals surface area contributed by atoms with Crippen LogP contribution in [0.5, 0.6) is 23.0 Å². The van der Waals surface area contributed by atoms with Gasteiger partial charge in [-0.25, -0.2) is 0 Å². The van der Waals surface area contributed by atoms with Gasteiger partial charge < -0.3 is 24.3 Å². The van der Waals surface area contributed by atoms with Crippen LogP contribution in [-0.4, -0.2) is 38.9 Å². The van der Waals surface area contributed by atoms with E-state index < -0.39 is 0 Å². The molecule has 2 aromatic rings. The molecule has 0 atom stereocenters. The van der Waals surface area contributed by atoms with E-state index in [0.29, 0.717) is 38.5 Å². The zero-order valence-corrected chi connectivity index (χ0v) is 17.5. The van der Waals surface area contributed by atoms with Crippen molar-refractivity contribution in [1.29, 1.82) is 0 Å². The maximum atomic E-state index is 12.0. The van der Waals surface area contributed by atoms with Gasteiger partial charge in [0.05, 0.1) is 19.8 Å². The molecular formula is C23H31NO5. The van der Waals surface area contributed by atoms with Crippen LogP contribution in [0.4, 0.5) is 0 Å². The highest BCUT2D eigenvalue weighted by Gasteiger charge is 2.07. The fraction of sp³-hybridized carbons (Fsp3) is 0.435. The van der Waals surface area contributed by atoms with E-state index in [-0.39, 0.29) is 12.5 Å². The number of hydrogen-bond donors (Lipinski definition) is 1. The maximum Gasteiger partial charge on any atom is 0.257 e. The number of rotatable bonds is 13. The summed E-state index contributed by atoms with van der Waals surface area (Å²) < 4.78 is 22.2. The monoisotopic (exact) mass is 401 g/mol. The van der Waals surface area contributed by atoms with Crippen molar-refractivity contribution < 1.29 is 23.7 Å². The molecule has 0 spiro atoms. The van der Waals surface area contributed by atoms with Crippen molar-refractivity contribution in [1.82, 2.24) is 5.32 Å². The van der Waals surface area contributed by atoms with Crippen LogP contribution in [0.3, 0.4) is 0 Å². The maximum absolute atomic E-state index is 12.0. The first-order valence-electron chi connectivity index (χ1n) is 10.2. The van der Waals surface area contributed by atoms with Gasteiger partial charge in [0.2, 0.25) is 0 Å². The zero-order valence-electron chi connectivity index (χ0n) is 17.5. The zero-order chi connectivity index (χ0) is 20.9. The normalized spacial score (nSPS) is 10.3. The molecule has 0 heterocycles. The first kappa shape index (κ1) is 22.4. The van der Waals surface area contributed by atoms with E-state index in [1.165, 1.54) is 0 Å². The molecule has 2 rings (SSSR count). The molecule has 0 aliphatic heterocycles. The van der Waals surface area contributed by atoms with Crippen LogP contribution in [-0.2, 0) is 11.2 Å². The van der Waals surface area contributed by atoms with Crippen molar-refractivity contribution in [3.8, 4) is 23.0 Å². The van der Waals surface area contributed by atoms with Crippen LogP contribution in [0.1, 0.15) is 32.8 Å². The van der Waals surface area contributed by atoms with Crippen molar-refractivity contribution in [3.63, 3.8) is 0 Å². The number of carbonyl (C=O) groups excluding carboxylic acids is 1. The number of amides is 1. The Hall–Kier alpha value is -2.89. The van der Waals surface area contributed by atoms with Gasteiger partial charge in [0.1, 0.15) is 11.5 Å². The highest BCUT2D eigenvalue weighted by Crippen LogP contribution is 2.28. The largest absolute Gasteiger partial charge is 0.494 e. The van der Waals surface area contributed by atoms with E-state index in [0.717, 1.165) is 29.2 Å². The second-order valence-electron chi connectivity index (χ2n) is 6.36. The Balaban J connectivity index is 1.74. The molecule has 2 aromatic carbocycles. The minimum atomic E-state index is -0.160. The van der Waals surface area contributed by atoms with Crippen molar-refractivity contribution in [2.45, 2.75) is 33.6 Å². The molecule has 0 aromatic heterocycles. The summed E-state index contributed by atoms with van der Waals surface area (Å²) in [5.41, 5.74) is 1.07. The van der Waals surface area contributed by atoms with Gasteiger partial charge in [-0.1, -0.05) is 13.0 Å². The lowest BCUT2D eigenvalue weighted by atomic mass is 10.1. The minimum absolute atomic E-state index is 0.0252. The summed E-state index contributed by atoms with van der Waals surface area (Å²) in [5, 5.41) is 2.87. The molecule has 6 nitrogen and oxygen atoms in total. The lowest BCUT2D eigenvalue weighted by Crippen LogP contribution is -2.30. The molecule has 0 saturated carbocycles. The van der Waals surface area contributed by atoms with Gasteiger partial charge in [-0.3, -0.25) is 4.79 Å². The molecule has 0 radical (unpaired) electrons. The number of hydrogen-bond acceptors (Lipinski definition) is 5. The first-order chi connectivity index (χ1) is 14.2. The molecule has 0 aliphatic carbocycles. The SMILES string of the molecule is CCCOc1ccc(OCC(=O)NCCc2ccc(OCC)c(OCC)c2)cc1. The number of nitrogens with one attached hydrogen (secondary N) is 1. The number of ether oxygens (including phenoxy) is 4. The summed E-state index contributed by atoms with van der Waals surface area (Å²) in [7, 11) is 0. The van der Waals surface area contributed by atoms with Gasteiger partial charge in [-0.2, -0.15) is 0 Å². The Morgan fingerprint density at radius 2 is 1.48 bits per heavy atom. The summed E-state index contributed by atoms with van der Waals surface area (Å²) in [6, 6.07) is 13.1. The Kier molecular flexibility index (Phi) is 9.69. The average Bonchev–Trinajstić information content (AvgIpc) is 2.73. The lowest BCUT2D eigenvalue weighted by Gasteiger charge is -2.13. The smallest absolute Gasteiger partial charge is 0.257 e. The van der Waals surface area contributed by atoms with E-state index in [9.17, 15) is 4.79 Å². The highest BCUT2D eigenvalue weighted by atomic mass is 16.5. The standard InChI is InChI=1S/C23H31NO5/c1-4-15-28-19-8-10-20(11-9-19)29-17-23(25)24-14-13-18-7-12-21(26-5-2)22(16-18)27-6-3/h7-12,16H,4-6,13-15,17H2,1-3H3,(H,24,25). The molecule has 1 N–H and O–H groups in total. The van der Waals surface area contributed by atoms with E-state index in [1.54, 1.807) is 12.1 Å². The molecule has 6 heteroatoms. The van der Waals surface area contributed by atoms with Gasteiger partial charge in [0, 0.05) is 6.54 Å². The van der Waals surface area contributed by atoms with Crippen LogP contribution in [0.15, 0.2) is 42.5 Å². The third-order valence-electron chi connectivity index (χ3n) is 4.01. The topological polar surface area (TPSA) is 66.0 Å². The molecule has 0 bridgehead atoms. The Morgan fingerprint density at radius 1 is 0.828 bits per heavy atom. The molecule has 158 valence electrons. The molecule has 0 saturated heterocycles. The lowest BCUT2D eigenvalue weighted by molar-refractivity contribution is -0.123. The van der Waals surface area contributed by atoms with E-state index >= 15 is 0 Å². The summed E-state index contributed by atoms with van der Waals surface area (Å²) in [5.74, 6) is 2.74. The minimum Gasteiger partial charge on any atom is -0.494 e. The predicted molar refractivity (Wildman–Crippen MR) is 113 cm³/mol. The van der Waals surface area contributed by atoms with Crippen LogP contribution in [0.25, 0.3) is 0 Å². The van der Waals surface area contributed by atoms with Gasteiger partial charge in [0.15, 0.2) is 18.1 Å². The van der Waals surface area contributed by atoms with Crippen LogP contribution in [0.2, 0.25) is 0 Å². The summed E-state index contributed by atoms with van der Waals surface area (Å²) >= 11 is 0. The Labute approximate surface area is 173 Å². The molecule has 0 unspecified atom stereocenters. The summed E-state index contributed by atoms with van der Waals surface area (Å²) in [4.78, 5) is 12.0. The van der Waals surface area contributed by atoms with Gasteiger partial charge in [-0.15, -0.1) is 0 Å². The van der Waals surface area contributed by atoms with Crippen LogP contribution in [0, 0.1) is 0 Å². The molecule has 29 heavy (non-hydrogen) atoms. The fourth-order valence-electron chi connectivity index (χ4n) is 2.65. The highest BCUT2D eigenvalue weighted by molar-refractivity contribution is 5.77.